The first-order valence-electron chi connectivity index (χ1n) is 5.92. The molecular weight excluding hydrogens is 216 g/mol. The van der Waals surface area contributed by atoms with E-state index in [1.165, 1.54) is 0 Å². The van der Waals surface area contributed by atoms with Gasteiger partial charge in [0.1, 0.15) is 5.82 Å². The monoisotopic (exact) mass is 236 g/mol. The molecule has 0 aromatic carbocycles. The highest BCUT2D eigenvalue weighted by Crippen LogP contribution is 2.24. The van der Waals surface area contributed by atoms with Gasteiger partial charge in [0.2, 0.25) is 5.95 Å². The molecule has 1 N–H and O–H groups in total. The average molecular weight is 236 g/mol. The van der Waals surface area contributed by atoms with E-state index in [4.69, 9.17) is 4.74 Å². The second kappa shape index (κ2) is 4.49. The molecule has 5 heteroatoms. The molecule has 0 atom stereocenters. The molecule has 2 heterocycles. The molecule has 1 aromatic rings. The minimum absolute atomic E-state index is 0.116. The maximum atomic E-state index is 5.71. The van der Waals surface area contributed by atoms with Crippen molar-refractivity contribution < 1.29 is 4.74 Å². The van der Waals surface area contributed by atoms with Gasteiger partial charge in [-0.1, -0.05) is 0 Å². The van der Waals surface area contributed by atoms with Crippen molar-refractivity contribution in [3.05, 3.63) is 11.8 Å². The Kier molecular flexibility index (Phi) is 3.19. The molecule has 1 fully saturated rings. The largest absolute Gasteiger partial charge is 0.372 e. The van der Waals surface area contributed by atoms with Gasteiger partial charge in [0, 0.05) is 31.9 Å². The van der Waals surface area contributed by atoms with E-state index < -0.39 is 0 Å². The third-order valence-corrected chi connectivity index (χ3v) is 2.89. The number of morpholine rings is 1. The molecule has 0 spiro atoms. The summed E-state index contributed by atoms with van der Waals surface area (Å²) >= 11 is 0. The Morgan fingerprint density at radius 3 is 2.88 bits per heavy atom. The fourth-order valence-electron chi connectivity index (χ4n) is 2.07. The molecule has 17 heavy (non-hydrogen) atoms. The standard InChI is InChI=1S/C12H20N4O/c1-9-7-14-11(13-4)15-10(9)16-5-6-17-12(2,3)8-16/h7H,5-6,8H2,1-4H3,(H,13,14,15). The lowest BCUT2D eigenvalue weighted by molar-refractivity contribution is -0.0279. The Labute approximate surface area is 102 Å². The SMILES string of the molecule is CNc1ncc(C)c(N2CCOC(C)(C)C2)n1. The molecule has 5 nitrogen and oxygen atoms in total. The highest BCUT2D eigenvalue weighted by molar-refractivity contribution is 5.49. The summed E-state index contributed by atoms with van der Waals surface area (Å²) in [6, 6.07) is 0. The number of aryl methyl sites for hydroxylation is 1. The van der Waals surface area contributed by atoms with Crippen LogP contribution in [0.2, 0.25) is 0 Å². The van der Waals surface area contributed by atoms with Crippen molar-refractivity contribution in [1.82, 2.24) is 9.97 Å². The molecule has 0 aliphatic carbocycles. The van der Waals surface area contributed by atoms with Crippen LogP contribution in [0, 0.1) is 6.92 Å². The van der Waals surface area contributed by atoms with Gasteiger partial charge in [-0.2, -0.15) is 4.98 Å². The van der Waals surface area contributed by atoms with Gasteiger partial charge in [0.05, 0.1) is 12.2 Å². The van der Waals surface area contributed by atoms with E-state index >= 15 is 0 Å². The molecule has 0 saturated carbocycles. The quantitative estimate of drug-likeness (QED) is 0.842. The van der Waals surface area contributed by atoms with Gasteiger partial charge < -0.3 is 15.0 Å². The van der Waals surface area contributed by atoms with Gasteiger partial charge in [0.25, 0.3) is 0 Å². The number of hydrogen-bond donors (Lipinski definition) is 1. The number of aromatic nitrogens is 2. The van der Waals surface area contributed by atoms with E-state index in [1.54, 1.807) is 0 Å². The van der Waals surface area contributed by atoms with Crippen molar-refractivity contribution in [2.45, 2.75) is 26.4 Å². The molecule has 1 aromatic heterocycles. The Morgan fingerprint density at radius 1 is 1.47 bits per heavy atom. The predicted octanol–water partition coefficient (Wildman–Crippen LogP) is 1.44. The highest BCUT2D eigenvalue weighted by Gasteiger charge is 2.28. The number of ether oxygens (including phenoxy) is 1. The molecule has 1 aliphatic rings. The number of nitrogens with zero attached hydrogens (tertiary/aromatic N) is 3. The topological polar surface area (TPSA) is 50.3 Å². The zero-order chi connectivity index (χ0) is 12.5. The fraction of sp³-hybridized carbons (Fsp3) is 0.667. The third-order valence-electron chi connectivity index (χ3n) is 2.89. The van der Waals surface area contributed by atoms with Crippen LogP contribution in [0.5, 0.6) is 0 Å². The Morgan fingerprint density at radius 2 is 2.24 bits per heavy atom. The molecule has 1 aliphatic heterocycles. The van der Waals surface area contributed by atoms with E-state index in [2.05, 4.69) is 34.0 Å². The minimum atomic E-state index is -0.116. The molecule has 94 valence electrons. The van der Waals surface area contributed by atoms with Crippen molar-refractivity contribution in [2.24, 2.45) is 0 Å². The number of nitrogens with one attached hydrogen (secondary N) is 1. The predicted molar refractivity (Wildman–Crippen MR) is 68.6 cm³/mol. The number of anilines is 2. The van der Waals surface area contributed by atoms with Gasteiger partial charge in [-0.25, -0.2) is 4.98 Å². The zero-order valence-corrected chi connectivity index (χ0v) is 10.9. The summed E-state index contributed by atoms with van der Waals surface area (Å²) in [6.07, 6.45) is 1.86. The van der Waals surface area contributed by atoms with E-state index in [1.807, 2.05) is 20.2 Å². The van der Waals surface area contributed by atoms with Crippen LogP contribution in [-0.4, -0.2) is 42.3 Å². The van der Waals surface area contributed by atoms with Crippen LogP contribution >= 0.6 is 0 Å². The van der Waals surface area contributed by atoms with Gasteiger partial charge >= 0.3 is 0 Å². The average Bonchev–Trinajstić information content (AvgIpc) is 2.28. The molecule has 0 bridgehead atoms. The van der Waals surface area contributed by atoms with Crippen LogP contribution in [-0.2, 0) is 4.74 Å². The van der Waals surface area contributed by atoms with Crippen molar-refractivity contribution in [2.75, 3.05) is 37.0 Å². The minimum Gasteiger partial charge on any atom is -0.372 e. The van der Waals surface area contributed by atoms with Gasteiger partial charge in [-0.05, 0) is 20.8 Å². The first-order chi connectivity index (χ1) is 8.02. The summed E-state index contributed by atoms with van der Waals surface area (Å²) in [5.41, 5.74) is 0.983. The number of hydrogen-bond acceptors (Lipinski definition) is 5. The maximum absolute atomic E-state index is 5.71. The summed E-state index contributed by atoms with van der Waals surface area (Å²) < 4.78 is 5.71. The van der Waals surface area contributed by atoms with Crippen molar-refractivity contribution in [3.8, 4) is 0 Å². The van der Waals surface area contributed by atoms with Crippen molar-refractivity contribution >= 4 is 11.8 Å². The second-order valence-electron chi connectivity index (χ2n) is 4.98. The molecular formula is C12H20N4O. The van der Waals surface area contributed by atoms with Crippen molar-refractivity contribution in [3.63, 3.8) is 0 Å². The highest BCUT2D eigenvalue weighted by atomic mass is 16.5. The molecule has 1 saturated heterocycles. The van der Waals surface area contributed by atoms with E-state index in [0.29, 0.717) is 5.95 Å². The van der Waals surface area contributed by atoms with E-state index in [0.717, 1.165) is 31.1 Å². The third kappa shape index (κ3) is 2.66. The van der Waals surface area contributed by atoms with Crippen LogP contribution < -0.4 is 10.2 Å². The maximum Gasteiger partial charge on any atom is 0.224 e. The van der Waals surface area contributed by atoms with E-state index in [9.17, 15) is 0 Å². The van der Waals surface area contributed by atoms with Gasteiger partial charge in [0.15, 0.2) is 0 Å². The van der Waals surface area contributed by atoms with Crippen LogP contribution in [0.25, 0.3) is 0 Å². The Bertz CT molecular complexity index is 405. The first kappa shape index (κ1) is 12.1. The van der Waals surface area contributed by atoms with Crippen LogP contribution in [0.15, 0.2) is 6.20 Å². The fourth-order valence-corrected chi connectivity index (χ4v) is 2.07. The summed E-state index contributed by atoms with van der Waals surface area (Å²) in [4.78, 5) is 11.0. The lowest BCUT2D eigenvalue weighted by Gasteiger charge is -2.39. The van der Waals surface area contributed by atoms with Crippen molar-refractivity contribution in [1.29, 1.82) is 0 Å². The Hall–Kier alpha value is -1.36. The van der Waals surface area contributed by atoms with Gasteiger partial charge in [-0.15, -0.1) is 0 Å². The molecule has 0 unspecified atom stereocenters. The summed E-state index contributed by atoms with van der Waals surface area (Å²) in [7, 11) is 1.83. The molecule has 2 rings (SSSR count). The summed E-state index contributed by atoms with van der Waals surface area (Å²) in [5.74, 6) is 1.66. The summed E-state index contributed by atoms with van der Waals surface area (Å²) in [6.45, 7) is 8.73. The first-order valence-corrected chi connectivity index (χ1v) is 5.92. The van der Waals surface area contributed by atoms with Crippen LogP contribution in [0.4, 0.5) is 11.8 Å². The smallest absolute Gasteiger partial charge is 0.224 e. The lowest BCUT2D eigenvalue weighted by Crippen LogP contribution is -2.48. The van der Waals surface area contributed by atoms with Gasteiger partial charge in [-0.3, -0.25) is 0 Å². The summed E-state index contributed by atoms with van der Waals surface area (Å²) in [5, 5.41) is 2.97. The number of rotatable bonds is 2. The van der Waals surface area contributed by atoms with E-state index in [-0.39, 0.29) is 5.60 Å². The van der Waals surface area contributed by atoms with Crippen LogP contribution in [0.1, 0.15) is 19.4 Å². The zero-order valence-electron chi connectivity index (χ0n) is 10.9. The molecule has 0 radical (unpaired) electrons. The lowest BCUT2D eigenvalue weighted by atomic mass is 10.1. The van der Waals surface area contributed by atoms with Crippen LogP contribution in [0.3, 0.4) is 0 Å². The Balaban J connectivity index is 2.26. The molecule has 0 amide bonds. The normalized spacial score (nSPS) is 19.2. The second-order valence-corrected chi connectivity index (χ2v) is 4.98.